The first-order valence-corrected chi connectivity index (χ1v) is 4.00. The van der Waals surface area contributed by atoms with Crippen LogP contribution in [0.15, 0.2) is 0 Å². The van der Waals surface area contributed by atoms with Crippen LogP contribution in [-0.2, 0) is 4.74 Å². The number of likely N-dealkylation sites (tertiary alicyclic amines) is 1. The van der Waals surface area contributed by atoms with Crippen molar-refractivity contribution >= 4 is 0 Å². The maximum absolute atomic E-state index is 5.54. The molecule has 2 nitrogen and oxygen atoms in total. The van der Waals surface area contributed by atoms with Crippen molar-refractivity contribution in [3.63, 3.8) is 0 Å². The van der Waals surface area contributed by atoms with E-state index in [-0.39, 0.29) is 5.60 Å². The number of hydrogen-bond donors (Lipinski definition) is 0. The van der Waals surface area contributed by atoms with Crippen LogP contribution in [0.1, 0.15) is 12.8 Å². The molecule has 57 valence electrons. The van der Waals surface area contributed by atoms with E-state index >= 15 is 0 Å². The molecular weight excluding hydrogens is 126 g/mol. The lowest BCUT2D eigenvalue weighted by Crippen LogP contribution is -2.45. The Labute approximate surface area is 62.2 Å². The largest absolute Gasteiger partial charge is 0.373 e. The van der Waals surface area contributed by atoms with E-state index in [1.807, 2.05) is 0 Å². The Balaban J connectivity index is 1.92. The molecule has 2 rings (SSSR count). The van der Waals surface area contributed by atoms with Crippen molar-refractivity contribution in [2.75, 3.05) is 26.2 Å². The Bertz CT molecular complexity index is 131. The van der Waals surface area contributed by atoms with Crippen molar-refractivity contribution in [1.82, 2.24) is 4.90 Å². The van der Waals surface area contributed by atoms with E-state index in [2.05, 4.69) is 11.8 Å². The number of hydrogen-bond acceptors (Lipinski definition) is 2. The fraction of sp³-hybridized carbons (Fsp3) is 0.875. The third-order valence-corrected chi connectivity index (χ3v) is 2.68. The van der Waals surface area contributed by atoms with Gasteiger partial charge < -0.3 is 9.64 Å². The summed E-state index contributed by atoms with van der Waals surface area (Å²) in [6.07, 6.45) is 2.49. The highest BCUT2D eigenvalue weighted by Gasteiger charge is 2.43. The number of rotatable bonds is 1. The molecule has 2 aliphatic heterocycles. The molecule has 2 heteroatoms. The Morgan fingerprint density at radius 3 is 2.60 bits per heavy atom. The fourth-order valence-electron chi connectivity index (χ4n) is 1.83. The summed E-state index contributed by atoms with van der Waals surface area (Å²) in [6.45, 7) is 8.08. The van der Waals surface area contributed by atoms with Crippen LogP contribution in [0, 0.1) is 6.92 Å². The van der Waals surface area contributed by atoms with Gasteiger partial charge >= 0.3 is 0 Å². The van der Waals surface area contributed by atoms with Crippen LogP contribution in [0.5, 0.6) is 0 Å². The van der Waals surface area contributed by atoms with Gasteiger partial charge in [0.2, 0.25) is 0 Å². The third-order valence-electron chi connectivity index (χ3n) is 2.68. The highest BCUT2D eigenvalue weighted by atomic mass is 16.5. The molecule has 10 heavy (non-hydrogen) atoms. The molecule has 1 radical (unpaired) electrons. The van der Waals surface area contributed by atoms with Gasteiger partial charge in [-0.3, -0.25) is 0 Å². The summed E-state index contributed by atoms with van der Waals surface area (Å²) in [6, 6.07) is 0. The fourth-order valence-corrected chi connectivity index (χ4v) is 1.83. The first-order chi connectivity index (χ1) is 4.85. The van der Waals surface area contributed by atoms with Gasteiger partial charge in [0.05, 0.1) is 12.2 Å². The van der Waals surface area contributed by atoms with Crippen LogP contribution >= 0.6 is 0 Å². The van der Waals surface area contributed by atoms with Crippen molar-refractivity contribution in [2.45, 2.75) is 18.4 Å². The van der Waals surface area contributed by atoms with Crippen LogP contribution in [-0.4, -0.2) is 36.7 Å². The number of ether oxygens (including phenoxy) is 1. The van der Waals surface area contributed by atoms with Gasteiger partial charge in [-0.1, -0.05) is 0 Å². The maximum Gasteiger partial charge on any atom is 0.0842 e. The predicted molar refractivity (Wildman–Crippen MR) is 39.7 cm³/mol. The summed E-state index contributed by atoms with van der Waals surface area (Å²) in [5.74, 6) is 0. The zero-order valence-corrected chi connectivity index (χ0v) is 6.31. The molecule has 2 heterocycles. The minimum atomic E-state index is 0.275. The highest BCUT2D eigenvalue weighted by molar-refractivity contribution is 4.96. The molecular formula is C8H14NO. The van der Waals surface area contributed by atoms with Gasteiger partial charge in [0.15, 0.2) is 0 Å². The first-order valence-electron chi connectivity index (χ1n) is 4.00. The van der Waals surface area contributed by atoms with Gasteiger partial charge in [0.25, 0.3) is 0 Å². The molecule has 2 aliphatic rings. The van der Waals surface area contributed by atoms with Gasteiger partial charge in [0.1, 0.15) is 0 Å². The molecule has 1 unspecified atom stereocenters. The smallest absolute Gasteiger partial charge is 0.0842 e. The molecule has 1 spiro atoms. The van der Waals surface area contributed by atoms with Gasteiger partial charge in [-0.2, -0.15) is 0 Å². The van der Waals surface area contributed by atoms with E-state index in [1.54, 1.807) is 0 Å². The van der Waals surface area contributed by atoms with Crippen LogP contribution in [0.4, 0.5) is 0 Å². The Morgan fingerprint density at radius 2 is 2.30 bits per heavy atom. The highest BCUT2D eigenvalue weighted by Crippen LogP contribution is 2.35. The summed E-state index contributed by atoms with van der Waals surface area (Å²) in [5, 5.41) is 0. The zero-order chi connectivity index (χ0) is 7.03. The van der Waals surface area contributed by atoms with Crippen LogP contribution in [0.3, 0.4) is 0 Å². The van der Waals surface area contributed by atoms with Crippen molar-refractivity contribution in [3.8, 4) is 0 Å². The molecule has 2 fully saturated rings. The topological polar surface area (TPSA) is 12.5 Å². The quantitative estimate of drug-likeness (QED) is 0.531. The molecule has 1 atom stereocenters. The summed E-state index contributed by atoms with van der Waals surface area (Å²) in [4.78, 5) is 2.36. The molecule has 0 bridgehead atoms. The van der Waals surface area contributed by atoms with E-state index in [1.165, 1.54) is 19.4 Å². The minimum absolute atomic E-state index is 0.275. The second-order valence-electron chi connectivity index (χ2n) is 3.31. The van der Waals surface area contributed by atoms with Crippen LogP contribution < -0.4 is 0 Å². The summed E-state index contributed by atoms with van der Waals surface area (Å²) >= 11 is 0. The van der Waals surface area contributed by atoms with Gasteiger partial charge in [-0.25, -0.2) is 0 Å². The molecule has 0 amide bonds. The summed E-state index contributed by atoms with van der Waals surface area (Å²) in [5.41, 5.74) is 0.275. The van der Waals surface area contributed by atoms with Gasteiger partial charge in [0, 0.05) is 19.5 Å². The Hall–Kier alpha value is -0.0800. The van der Waals surface area contributed by atoms with Crippen molar-refractivity contribution in [3.05, 3.63) is 6.92 Å². The molecule has 0 aromatic heterocycles. The average Bonchev–Trinajstić information content (AvgIpc) is 2.29. The monoisotopic (exact) mass is 140 g/mol. The second kappa shape index (κ2) is 2.21. The molecule has 0 aromatic carbocycles. The first kappa shape index (κ1) is 6.62. The summed E-state index contributed by atoms with van der Waals surface area (Å²) in [7, 11) is 0. The maximum atomic E-state index is 5.54. The van der Waals surface area contributed by atoms with E-state index < -0.39 is 0 Å². The van der Waals surface area contributed by atoms with Crippen molar-refractivity contribution in [2.24, 2.45) is 0 Å². The second-order valence-corrected chi connectivity index (χ2v) is 3.31. The Morgan fingerprint density at radius 1 is 1.50 bits per heavy atom. The van der Waals surface area contributed by atoms with E-state index in [0.29, 0.717) is 0 Å². The van der Waals surface area contributed by atoms with Gasteiger partial charge in [-0.05, 0) is 19.9 Å². The number of nitrogens with zero attached hydrogens (tertiary/aromatic N) is 1. The van der Waals surface area contributed by atoms with Gasteiger partial charge in [-0.15, -0.1) is 0 Å². The average molecular weight is 140 g/mol. The molecule has 0 saturated carbocycles. The normalized spacial score (nSPS) is 40.5. The van der Waals surface area contributed by atoms with Crippen molar-refractivity contribution in [1.29, 1.82) is 0 Å². The SMILES string of the molecule is [CH2]CN1CCC2(CCO2)C1. The van der Waals surface area contributed by atoms with Crippen LogP contribution in [0.25, 0.3) is 0 Å². The van der Waals surface area contributed by atoms with Crippen molar-refractivity contribution < 1.29 is 4.74 Å². The lowest BCUT2D eigenvalue weighted by Gasteiger charge is -2.38. The lowest BCUT2D eigenvalue weighted by molar-refractivity contribution is -0.136. The Kier molecular flexibility index (Phi) is 1.46. The predicted octanol–water partition coefficient (Wildman–Crippen LogP) is 0.685. The lowest BCUT2D eigenvalue weighted by atomic mass is 9.94. The molecule has 2 saturated heterocycles. The minimum Gasteiger partial charge on any atom is -0.373 e. The molecule has 0 aliphatic carbocycles. The standard InChI is InChI=1S/C8H14NO/c1-2-9-5-3-8(7-9)4-6-10-8/h1-7H2. The molecule has 0 aromatic rings. The van der Waals surface area contributed by atoms with Crippen LogP contribution in [0.2, 0.25) is 0 Å². The molecule has 0 N–H and O–H groups in total. The zero-order valence-electron chi connectivity index (χ0n) is 6.31. The van der Waals surface area contributed by atoms with E-state index in [4.69, 9.17) is 4.74 Å². The van der Waals surface area contributed by atoms with E-state index in [9.17, 15) is 0 Å². The van der Waals surface area contributed by atoms with E-state index in [0.717, 1.165) is 19.7 Å². The summed E-state index contributed by atoms with van der Waals surface area (Å²) < 4.78 is 5.54. The third kappa shape index (κ3) is 0.867.